The van der Waals surface area contributed by atoms with Gasteiger partial charge in [0.1, 0.15) is 5.41 Å². The summed E-state index contributed by atoms with van der Waals surface area (Å²) in [6.07, 6.45) is 1.38. The fourth-order valence-electron chi connectivity index (χ4n) is 2.95. The second-order valence-corrected chi connectivity index (χ2v) is 6.16. The molecule has 1 aliphatic carbocycles. The third-order valence-electron chi connectivity index (χ3n) is 4.22. The molecule has 1 aliphatic rings. The third-order valence-corrected chi connectivity index (χ3v) is 5.52. The average Bonchev–Trinajstić information content (AvgIpc) is 2.56. The lowest BCUT2D eigenvalue weighted by molar-refractivity contribution is 0.0673. The minimum atomic E-state index is -0.906. The van der Waals surface area contributed by atoms with Gasteiger partial charge in [0.2, 0.25) is 0 Å². The molecule has 0 spiro atoms. The first-order valence-electron chi connectivity index (χ1n) is 6.97. The standard InChI is InChI=1S/C18H15IO2/c19-12-18(16(20)14-7-2-1-3-8-14)11-10-13-6-4-5-9-15(13)17(18)21/h1-9H,10-12H2. The van der Waals surface area contributed by atoms with Crippen LogP contribution in [0.3, 0.4) is 0 Å². The highest BCUT2D eigenvalue weighted by atomic mass is 127. The van der Waals surface area contributed by atoms with Gasteiger partial charge in [-0.2, -0.15) is 0 Å². The third kappa shape index (κ3) is 2.33. The van der Waals surface area contributed by atoms with E-state index < -0.39 is 5.41 Å². The van der Waals surface area contributed by atoms with E-state index in [0.717, 1.165) is 12.0 Å². The number of halogens is 1. The van der Waals surface area contributed by atoms with E-state index >= 15 is 0 Å². The summed E-state index contributed by atoms with van der Waals surface area (Å²) in [5.41, 5.74) is 1.49. The number of carbonyl (C=O) groups excluding carboxylic acids is 2. The number of Topliss-reactive ketones (excluding diaryl/α,β-unsaturated/α-hetero) is 2. The Morgan fingerprint density at radius 1 is 1.05 bits per heavy atom. The van der Waals surface area contributed by atoms with E-state index in [-0.39, 0.29) is 11.6 Å². The Kier molecular flexibility index (Phi) is 3.93. The summed E-state index contributed by atoms with van der Waals surface area (Å²) in [6.45, 7) is 0. The number of carbonyl (C=O) groups is 2. The van der Waals surface area contributed by atoms with Gasteiger partial charge < -0.3 is 0 Å². The largest absolute Gasteiger partial charge is 0.293 e. The van der Waals surface area contributed by atoms with Crippen LogP contribution in [0, 0.1) is 5.41 Å². The van der Waals surface area contributed by atoms with E-state index in [1.54, 1.807) is 12.1 Å². The Hall–Kier alpha value is -1.49. The van der Waals surface area contributed by atoms with E-state index in [2.05, 4.69) is 22.6 Å². The molecule has 0 N–H and O–H groups in total. The molecular formula is C18H15IO2. The first kappa shape index (κ1) is 14.4. The second kappa shape index (κ2) is 5.72. The minimum Gasteiger partial charge on any atom is -0.293 e. The van der Waals surface area contributed by atoms with Crippen LogP contribution in [0.2, 0.25) is 0 Å². The van der Waals surface area contributed by atoms with Gasteiger partial charge >= 0.3 is 0 Å². The molecule has 2 aromatic rings. The monoisotopic (exact) mass is 390 g/mol. The lowest BCUT2D eigenvalue weighted by Gasteiger charge is -2.34. The Morgan fingerprint density at radius 3 is 2.43 bits per heavy atom. The highest BCUT2D eigenvalue weighted by Crippen LogP contribution is 2.39. The number of rotatable bonds is 3. The molecule has 3 rings (SSSR count). The molecular weight excluding hydrogens is 375 g/mol. The number of hydrogen-bond donors (Lipinski definition) is 0. The van der Waals surface area contributed by atoms with Crippen molar-refractivity contribution < 1.29 is 9.59 Å². The number of aryl methyl sites for hydroxylation is 1. The van der Waals surface area contributed by atoms with Crippen molar-refractivity contribution in [2.75, 3.05) is 4.43 Å². The summed E-state index contributed by atoms with van der Waals surface area (Å²) in [7, 11) is 0. The summed E-state index contributed by atoms with van der Waals surface area (Å²) in [4.78, 5) is 25.9. The van der Waals surface area contributed by atoms with E-state index in [4.69, 9.17) is 0 Å². The summed E-state index contributed by atoms with van der Waals surface area (Å²) in [5, 5.41) is 0. The van der Waals surface area contributed by atoms with Crippen molar-refractivity contribution in [3.8, 4) is 0 Å². The number of benzene rings is 2. The normalized spacial score (nSPS) is 20.9. The summed E-state index contributed by atoms with van der Waals surface area (Å²) in [5.74, 6) is -0.0652. The van der Waals surface area contributed by atoms with Crippen LogP contribution in [0.4, 0.5) is 0 Å². The maximum atomic E-state index is 13.0. The quantitative estimate of drug-likeness (QED) is 0.342. The van der Waals surface area contributed by atoms with Crippen LogP contribution in [-0.2, 0) is 6.42 Å². The molecule has 0 radical (unpaired) electrons. The van der Waals surface area contributed by atoms with Crippen LogP contribution >= 0.6 is 22.6 Å². The molecule has 0 saturated heterocycles. The van der Waals surface area contributed by atoms with Crippen molar-refractivity contribution in [2.45, 2.75) is 12.8 Å². The molecule has 3 heteroatoms. The van der Waals surface area contributed by atoms with Gasteiger partial charge in [-0.1, -0.05) is 77.2 Å². The van der Waals surface area contributed by atoms with E-state index in [0.29, 0.717) is 22.0 Å². The predicted octanol–water partition coefficient (Wildman–Crippen LogP) is 4.12. The Labute approximate surface area is 137 Å². The summed E-state index contributed by atoms with van der Waals surface area (Å²) < 4.78 is 0.519. The molecule has 0 aliphatic heterocycles. The molecule has 0 heterocycles. The highest BCUT2D eigenvalue weighted by Gasteiger charge is 2.47. The van der Waals surface area contributed by atoms with Gasteiger partial charge in [0.05, 0.1) is 0 Å². The predicted molar refractivity (Wildman–Crippen MR) is 91.2 cm³/mol. The van der Waals surface area contributed by atoms with Gasteiger partial charge in [0, 0.05) is 15.6 Å². The fraction of sp³-hybridized carbons (Fsp3) is 0.222. The molecule has 1 atom stereocenters. The van der Waals surface area contributed by atoms with Gasteiger partial charge in [-0.15, -0.1) is 0 Å². The molecule has 0 amide bonds. The van der Waals surface area contributed by atoms with Gasteiger partial charge in [0.25, 0.3) is 0 Å². The molecule has 0 saturated carbocycles. The molecule has 106 valence electrons. The Bertz CT molecular complexity index is 693. The Morgan fingerprint density at radius 2 is 1.71 bits per heavy atom. The molecule has 1 unspecified atom stereocenters. The Balaban J connectivity index is 2.07. The first-order valence-corrected chi connectivity index (χ1v) is 8.50. The van der Waals surface area contributed by atoms with Crippen LogP contribution < -0.4 is 0 Å². The van der Waals surface area contributed by atoms with Gasteiger partial charge in [-0.05, 0) is 18.4 Å². The molecule has 2 nitrogen and oxygen atoms in total. The van der Waals surface area contributed by atoms with Crippen LogP contribution in [0.1, 0.15) is 32.7 Å². The van der Waals surface area contributed by atoms with Crippen LogP contribution in [0.25, 0.3) is 0 Å². The van der Waals surface area contributed by atoms with Crippen molar-refractivity contribution >= 4 is 34.2 Å². The zero-order valence-electron chi connectivity index (χ0n) is 11.5. The average molecular weight is 390 g/mol. The number of fused-ring (bicyclic) bond motifs is 1. The molecule has 0 fully saturated rings. The van der Waals surface area contributed by atoms with E-state index in [1.165, 1.54) is 0 Å². The van der Waals surface area contributed by atoms with Crippen molar-refractivity contribution in [3.05, 3.63) is 71.3 Å². The maximum Gasteiger partial charge on any atom is 0.177 e. The summed E-state index contributed by atoms with van der Waals surface area (Å²) in [6, 6.07) is 16.8. The number of hydrogen-bond acceptors (Lipinski definition) is 2. The summed E-state index contributed by atoms with van der Waals surface area (Å²) >= 11 is 2.17. The van der Waals surface area contributed by atoms with Crippen molar-refractivity contribution in [3.63, 3.8) is 0 Å². The van der Waals surface area contributed by atoms with E-state index in [1.807, 2.05) is 42.5 Å². The van der Waals surface area contributed by atoms with Gasteiger partial charge in [-0.3, -0.25) is 9.59 Å². The second-order valence-electron chi connectivity index (χ2n) is 5.40. The number of alkyl halides is 1. The van der Waals surface area contributed by atoms with Crippen LogP contribution in [0.15, 0.2) is 54.6 Å². The SMILES string of the molecule is O=C(c1ccccc1)C1(CI)CCc2ccccc2C1=O. The van der Waals surface area contributed by atoms with Gasteiger partial charge in [0.15, 0.2) is 11.6 Å². The zero-order valence-corrected chi connectivity index (χ0v) is 13.7. The fourth-order valence-corrected chi connectivity index (χ4v) is 4.02. The van der Waals surface area contributed by atoms with Crippen LogP contribution in [-0.4, -0.2) is 16.0 Å². The van der Waals surface area contributed by atoms with Crippen LogP contribution in [0.5, 0.6) is 0 Å². The lowest BCUT2D eigenvalue weighted by atomic mass is 9.68. The zero-order chi connectivity index (χ0) is 14.9. The molecule has 2 aromatic carbocycles. The van der Waals surface area contributed by atoms with Crippen molar-refractivity contribution in [1.29, 1.82) is 0 Å². The van der Waals surface area contributed by atoms with Crippen molar-refractivity contribution in [1.82, 2.24) is 0 Å². The minimum absolute atomic E-state index is 0.0207. The molecule has 21 heavy (non-hydrogen) atoms. The van der Waals surface area contributed by atoms with Crippen molar-refractivity contribution in [2.24, 2.45) is 5.41 Å². The molecule has 0 aromatic heterocycles. The lowest BCUT2D eigenvalue weighted by Crippen LogP contribution is -2.44. The smallest absolute Gasteiger partial charge is 0.177 e. The topological polar surface area (TPSA) is 34.1 Å². The van der Waals surface area contributed by atoms with E-state index in [9.17, 15) is 9.59 Å². The highest BCUT2D eigenvalue weighted by molar-refractivity contribution is 14.1. The number of ketones is 2. The molecule has 0 bridgehead atoms. The van der Waals surface area contributed by atoms with Gasteiger partial charge in [-0.25, -0.2) is 0 Å². The maximum absolute atomic E-state index is 13.0. The first-order chi connectivity index (χ1) is 10.2.